The van der Waals surface area contributed by atoms with Gasteiger partial charge < -0.3 is 15.2 Å². The Morgan fingerprint density at radius 1 is 1.33 bits per heavy atom. The molecule has 0 unspecified atom stereocenters. The monoisotopic (exact) mass is 310 g/mol. The van der Waals surface area contributed by atoms with Gasteiger partial charge in [0.05, 0.1) is 12.6 Å². The molecule has 114 valence electrons. The third-order valence-electron chi connectivity index (χ3n) is 2.71. The van der Waals surface area contributed by atoms with Crippen LogP contribution in [0.1, 0.15) is 24.2 Å². The average molecular weight is 311 g/mol. The predicted octanol–water partition coefficient (Wildman–Crippen LogP) is 3.21. The molecular weight excluding hydrogens is 292 g/mol. The number of halogens is 1. The van der Waals surface area contributed by atoms with Gasteiger partial charge in [0.2, 0.25) is 0 Å². The third kappa shape index (κ3) is 4.88. The van der Waals surface area contributed by atoms with Gasteiger partial charge in [-0.05, 0) is 31.3 Å². The number of rotatable bonds is 4. The average Bonchev–Trinajstić information content (AvgIpc) is 2.47. The number of hydrogen-bond acceptors (Lipinski definition) is 4. The second-order valence-electron chi connectivity index (χ2n) is 4.14. The molecule has 2 rings (SSSR count). The maximum atomic E-state index is 11.0. The lowest BCUT2D eigenvalue weighted by molar-refractivity contribution is 0.0693. The van der Waals surface area contributed by atoms with Crippen LogP contribution in [0.5, 0.6) is 5.75 Å². The molecule has 0 saturated heterocycles. The number of fused-ring (bicyclic) bond motifs is 1. The summed E-state index contributed by atoms with van der Waals surface area (Å²) in [6, 6.07) is 6.41. The van der Waals surface area contributed by atoms with Gasteiger partial charge in [0.25, 0.3) is 0 Å². The van der Waals surface area contributed by atoms with Crippen molar-refractivity contribution in [2.45, 2.75) is 13.8 Å². The fourth-order valence-electron chi connectivity index (χ4n) is 1.71. The number of nitrogens with zero attached hydrogens (tertiary/aromatic N) is 1. The van der Waals surface area contributed by atoms with Crippen molar-refractivity contribution in [3.05, 3.63) is 35.0 Å². The lowest BCUT2D eigenvalue weighted by Crippen LogP contribution is -2.09. The van der Waals surface area contributed by atoms with Crippen LogP contribution in [0, 0.1) is 0 Å². The summed E-state index contributed by atoms with van der Waals surface area (Å²) in [5, 5.41) is 13.2. The maximum Gasteiger partial charge on any atom is 0.339 e. The number of aromatic carboxylic acids is 1. The number of aromatic nitrogens is 1. The van der Waals surface area contributed by atoms with E-state index < -0.39 is 5.97 Å². The summed E-state index contributed by atoms with van der Waals surface area (Å²) in [6.07, 6.45) is 0. The van der Waals surface area contributed by atoms with E-state index in [0.29, 0.717) is 16.1 Å². The molecule has 0 bridgehead atoms. The highest BCUT2D eigenvalue weighted by molar-refractivity contribution is 6.29. The number of carbonyl (C=O) groups is 1. The molecule has 2 N–H and O–H groups in total. The molecule has 21 heavy (non-hydrogen) atoms. The van der Waals surface area contributed by atoms with Gasteiger partial charge in [0.1, 0.15) is 16.5 Å². The number of benzene rings is 1. The van der Waals surface area contributed by atoms with Gasteiger partial charge in [-0.2, -0.15) is 0 Å². The van der Waals surface area contributed by atoms with Gasteiger partial charge in [-0.1, -0.05) is 25.4 Å². The molecule has 0 fully saturated rings. The van der Waals surface area contributed by atoms with E-state index in [4.69, 9.17) is 21.4 Å². The molecule has 0 aliphatic rings. The van der Waals surface area contributed by atoms with Gasteiger partial charge in [-0.15, -0.1) is 0 Å². The summed E-state index contributed by atoms with van der Waals surface area (Å²) in [6.45, 7) is 6.39. The van der Waals surface area contributed by atoms with Gasteiger partial charge in [-0.3, -0.25) is 0 Å². The third-order valence-corrected chi connectivity index (χ3v) is 2.92. The SMILES string of the molecule is CCNCC.COc1cc2nc(Cl)ccc2cc1C(=O)O. The quantitative estimate of drug-likeness (QED) is 0.848. The Morgan fingerprint density at radius 3 is 2.48 bits per heavy atom. The van der Waals surface area contributed by atoms with E-state index in [1.807, 2.05) is 0 Å². The predicted molar refractivity (Wildman–Crippen MR) is 84.5 cm³/mol. The van der Waals surface area contributed by atoms with Crippen molar-refractivity contribution in [3.63, 3.8) is 0 Å². The number of ether oxygens (including phenoxy) is 1. The van der Waals surface area contributed by atoms with Gasteiger partial charge >= 0.3 is 5.97 Å². The normalized spacial score (nSPS) is 9.90. The Bertz CT molecular complexity index is 615. The second-order valence-corrected chi connectivity index (χ2v) is 4.53. The van der Waals surface area contributed by atoms with Crippen LogP contribution in [0.4, 0.5) is 0 Å². The summed E-state index contributed by atoms with van der Waals surface area (Å²) in [4.78, 5) is 15.0. The number of pyridine rings is 1. The molecule has 0 atom stereocenters. The summed E-state index contributed by atoms with van der Waals surface area (Å²) in [5.74, 6) is -0.761. The topological polar surface area (TPSA) is 71.5 Å². The zero-order valence-corrected chi connectivity index (χ0v) is 13.1. The number of methoxy groups -OCH3 is 1. The first kappa shape index (κ1) is 17.2. The first-order valence-corrected chi connectivity index (χ1v) is 6.99. The van der Waals surface area contributed by atoms with E-state index in [1.165, 1.54) is 13.2 Å². The molecule has 1 heterocycles. The number of hydrogen-bond donors (Lipinski definition) is 2. The number of carboxylic acids is 1. The number of carboxylic acid groups (broad SMARTS) is 1. The smallest absolute Gasteiger partial charge is 0.339 e. The summed E-state index contributed by atoms with van der Waals surface area (Å²) in [5.41, 5.74) is 0.716. The van der Waals surface area contributed by atoms with E-state index in [0.717, 1.165) is 13.1 Å². The summed E-state index contributed by atoms with van der Waals surface area (Å²) in [7, 11) is 1.41. The molecule has 5 nitrogen and oxygen atoms in total. The molecule has 0 radical (unpaired) electrons. The van der Waals surface area contributed by atoms with E-state index in [9.17, 15) is 4.79 Å². The fraction of sp³-hybridized carbons (Fsp3) is 0.333. The van der Waals surface area contributed by atoms with Crippen LogP contribution in [0.25, 0.3) is 10.9 Å². The van der Waals surface area contributed by atoms with Crippen molar-refractivity contribution >= 4 is 28.5 Å². The van der Waals surface area contributed by atoms with Crippen molar-refractivity contribution in [2.75, 3.05) is 20.2 Å². The molecule has 1 aromatic heterocycles. The molecular formula is C15H19ClN2O3. The van der Waals surface area contributed by atoms with Crippen LogP contribution < -0.4 is 10.1 Å². The van der Waals surface area contributed by atoms with Gasteiger partial charge in [-0.25, -0.2) is 9.78 Å². The Labute approximate surface area is 128 Å². The zero-order chi connectivity index (χ0) is 15.8. The van der Waals surface area contributed by atoms with Crippen LogP contribution in [-0.4, -0.2) is 36.3 Å². The highest BCUT2D eigenvalue weighted by Gasteiger charge is 2.12. The maximum absolute atomic E-state index is 11.0. The second kappa shape index (κ2) is 8.44. The van der Waals surface area contributed by atoms with Crippen molar-refractivity contribution in [1.29, 1.82) is 0 Å². The Kier molecular flexibility index (Phi) is 6.91. The highest BCUT2D eigenvalue weighted by Crippen LogP contribution is 2.25. The Morgan fingerprint density at radius 2 is 2.00 bits per heavy atom. The molecule has 0 aliphatic carbocycles. The first-order valence-electron chi connectivity index (χ1n) is 6.61. The van der Waals surface area contributed by atoms with Crippen LogP contribution in [-0.2, 0) is 0 Å². The minimum atomic E-state index is -1.03. The molecule has 0 aliphatic heterocycles. The van der Waals surface area contributed by atoms with Crippen molar-refractivity contribution in [2.24, 2.45) is 0 Å². The minimum Gasteiger partial charge on any atom is -0.496 e. The lowest BCUT2D eigenvalue weighted by Gasteiger charge is -2.06. The molecule has 0 spiro atoms. The van der Waals surface area contributed by atoms with Crippen molar-refractivity contribution in [1.82, 2.24) is 10.3 Å². The largest absolute Gasteiger partial charge is 0.496 e. The minimum absolute atomic E-state index is 0.110. The van der Waals surface area contributed by atoms with E-state index in [1.54, 1.807) is 18.2 Å². The Balaban J connectivity index is 0.000000383. The molecule has 2 aromatic rings. The molecule has 6 heteroatoms. The van der Waals surface area contributed by atoms with Gasteiger partial charge in [0.15, 0.2) is 0 Å². The van der Waals surface area contributed by atoms with Crippen molar-refractivity contribution < 1.29 is 14.6 Å². The van der Waals surface area contributed by atoms with Crippen molar-refractivity contribution in [3.8, 4) is 5.75 Å². The van der Waals surface area contributed by atoms with Crippen LogP contribution >= 0.6 is 11.6 Å². The highest BCUT2D eigenvalue weighted by atomic mass is 35.5. The summed E-state index contributed by atoms with van der Waals surface area (Å²) >= 11 is 5.75. The fourth-order valence-corrected chi connectivity index (χ4v) is 1.87. The Hall–Kier alpha value is -1.85. The van der Waals surface area contributed by atoms with Gasteiger partial charge in [0, 0.05) is 11.5 Å². The molecule has 0 amide bonds. The first-order chi connectivity index (χ1) is 10.0. The summed E-state index contributed by atoms with van der Waals surface area (Å²) < 4.78 is 4.99. The lowest BCUT2D eigenvalue weighted by atomic mass is 10.1. The van der Waals surface area contributed by atoms with Crippen LogP contribution in [0.3, 0.4) is 0 Å². The van der Waals surface area contributed by atoms with Crippen LogP contribution in [0.15, 0.2) is 24.3 Å². The van der Waals surface area contributed by atoms with E-state index >= 15 is 0 Å². The zero-order valence-electron chi connectivity index (χ0n) is 12.3. The van der Waals surface area contributed by atoms with E-state index in [-0.39, 0.29) is 11.3 Å². The molecule has 1 aromatic carbocycles. The van der Waals surface area contributed by atoms with Crippen LogP contribution in [0.2, 0.25) is 5.15 Å². The molecule has 0 saturated carbocycles. The van der Waals surface area contributed by atoms with E-state index in [2.05, 4.69) is 24.1 Å². The number of nitrogens with one attached hydrogen (secondary N) is 1. The standard InChI is InChI=1S/C11H8ClNO3.C4H11N/c1-16-9-5-8-6(2-3-10(12)13-8)4-7(9)11(14)15;1-3-5-4-2/h2-5H,1H3,(H,14,15);5H,3-4H2,1-2H3.